The van der Waals surface area contributed by atoms with Crippen LogP contribution in [0.15, 0.2) is 60.8 Å². The first-order chi connectivity index (χ1) is 15.8. The molecule has 2 aromatic carbocycles. The van der Waals surface area contributed by atoms with Crippen molar-refractivity contribution in [2.24, 2.45) is 0 Å². The van der Waals surface area contributed by atoms with Crippen molar-refractivity contribution in [2.75, 3.05) is 31.8 Å². The summed E-state index contributed by atoms with van der Waals surface area (Å²) in [4.78, 5) is 17.1. The quantitative estimate of drug-likeness (QED) is 0.439. The zero-order chi connectivity index (χ0) is 23.5. The van der Waals surface area contributed by atoms with Crippen LogP contribution >= 0.6 is 11.6 Å². The smallest absolute Gasteiger partial charge is 0.229 e. The van der Waals surface area contributed by atoms with Crippen LogP contribution in [-0.2, 0) is 6.54 Å². The van der Waals surface area contributed by atoms with E-state index in [1.165, 1.54) is 0 Å². The van der Waals surface area contributed by atoms with E-state index >= 15 is 0 Å². The van der Waals surface area contributed by atoms with Gasteiger partial charge in [0, 0.05) is 43.0 Å². The number of aromatic nitrogens is 5. The Morgan fingerprint density at radius 3 is 2.33 bits per heavy atom. The van der Waals surface area contributed by atoms with Gasteiger partial charge in [-0.05, 0) is 38.2 Å². The second-order valence-corrected chi connectivity index (χ2v) is 8.56. The van der Waals surface area contributed by atoms with E-state index in [9.17, 15) is 0 Å². The lowest BCUT2D eigenvalue weighted by molar-refractivity contribution is 0.244. The maximum Gasteiger partial charge on any atom is 0.229 e. The van der Waals surface area contributed by atoms with Crippen LogP contribution in [-0.4, -0.2) is 50.8 Å². The van der Waals surface area contributed by atoms with Crippen LogP contribution in [0.2, 0.25) is 5.02 Å². The predicted octanol–water partition coefficient (Wildman–Crippen LogP) is 4.22. The SMILES string of the molecule is CC(c1nc(N)nc(N(C)C)n1)N(C)Cc1cn(-c2ccccc2)nc1-c1ccc(Cl)cc1. The molecule has 0 bridgehead atoms. The van der Waals surface area contributed by atoms with Crippen molar-refractivity contribution < 1.29 is 0 Å². The van der Waals surface area contributed by atoms with Gasteiger partial charge >= 0.3 is 0 Å². The number of hydrogen-bond acceptors (Lipinski definition) is 7. The zero-order valence-electron chi connectivity index (χ0n) is 19.1. The van der Waals surface area contributed by atoms with Gasteiger partial charge in [-0.1, -0.05) is 41.9 Å². The van der Waals surface area contributed by atoms with E-state index in [0.717, 1.165) is 22.5 Å². The van der Waals surface area contributed by atoms with Crippen LogP contribution in [0.25, 0.3) is 16.9 Å². The third-order valence-electron chi connectivity index (χ3n) is 5.44. The fraction of sp³-hybridized carbons (Fsp3) is 0.250. The number of hydrogen-bond donors (Lipinski definition) is 1. The van der Waals surface area contributed by atoms with Gasteiger partial charge in [-0.2, -0.15) is 20.1 Å². The molecule has 9 heteroatoms. The molecule has 170 valence electrons. The van der Waals surface area contributed by atoms with Gasteiger partial charge in [-0.3, -0.25) is 4.90 Å². The molecule has 0 radical (unpaired) electrons. The average molecular weight is 463 g/mol. The van der Waals surface area contributed by atoms with Crippen LogP contribution in [0.3, 0.4) is 0 Å². The van der Waals surface area contributed by atoms with Crippen molar-refractivity contribution in [3.8, 4) is 16.9 Å². The Hall–Kier alpha value is -3.49. The number of nitrogens with two attached hydrogens (primary N) is 1. The monoisotopic (exact) mass is 462 g/mol. The maximum absolute atomic E-state index is 6.11. The lowest BCUT2D eigenvalue weighted by Crippen LogP contribution is -2.25. The highest BCUT2D eigenvalue weighted by atomic mass is 35.5. The predicted molar refractivity (Wildman–Crippen MR) is 132 cm³/mol. The molecule has 0 saturated heterocycles. The summed E-state index contributed by atoms with van der Waals surface area (Å²) in [7, 11) is 5.79. The molecule has 1 atom stereocenters. The van der Waals surface area contributed by atoms with Gasteiger partial charge in [0.1, 0.15) is 0 Å². The van der Waals surface area contributed by atoms with Gasteiger partial charge < -0.3 is 10.6 Å². The lowest BCUT2D eigenvalue weighted by atomic mass is 10.1. The van der Waals surface area contributed by atoms with Gasteiger partial charge in [0.2, 0.25) is 11.9 Å². The van der Waals surface area contributed by atoms with Gasteiger partial charge in [0.15, 0.2) is 5.82 Å². The third-order valence-corrected chi connectivity index (χ3v) is 5.69. The number of halogens is 1. The minimum Gasteiger partial charge on any atom is -0.368 e. The van der Waals surface area contributed by atoms with Crippen molar-refractivity contribution >= 4 is 23.5 Å². The van der Waals surface area contributed by atoms with Gasteiger partial charge in [-0.15, -0.1) is 0 Å². The second kappa shape index (κ2) is 9.56. The number of nitrogen functional groups attached to an aromatic ring is 1. The molecule has 4 rings (SSSR count). The lowest BCUT2D eigenvalue weighted by Gasteiger charge is -2.24. The summed E-state index contributed by atoms with van der Waals surface area (Å²) in [5.74, 6) is 1.37. The highest BCUT2D eigenvalue weighted by molar-refractivity contribution is 6.30. The fourth-order valence-corrected chi connectivity index (χ4v) is 3.60. The first-order valence-electron chi connectivity index (χ1n) is 10.6. The third kappa shape index (κ3) is 5.13. The number of rotatable bonds is 7. The van der Waals surface area contributed by atoms with Crippen molar-refractivity contribution in [3.63, 3.8) is 0 Å². The Labute approximate surface area is 198 Å². The van der Waals surface area contributed by atoms with E-state index < -0.39 is 0 Å². The summed E-state index contributed by atoms with van der Waals surface area (Å²) in [6, 6.07) is 17.7. The summed E-state index contributed by atoms with van der Waals surface area (Å²) >= 11 is 6.11. The highest BCUT2D eigenvalue weighted by Gasteiger charge is 2.21. The minimum absolute atomic E-state index is 0.0906. The Kier molecular flexibility index (Phi) is 6.57. The Balaban J connectivity index is 1.67. The topological polar surface area (TPSA) is 89.0 Å². The van der Waals surface area contributed by atoms with Crippen LogP contribution in [0.1, 0.15) is 24.4 Å². The molecule has 4 aromatic rings. The molecular formula is C24H27ClN8. The van der Waals surface area contributed by atoms with E-state index in [0.29, 0.717) is 23.3 Å². The zero-order valence-corrected chi connectivity index (χ0v) is 19.9. The molecule has 2 aromatic heterocycles. The molecule has 0 aliphatic heterocycles. The number of benzene rings is 2. The summed E-state index contributed by atoms with van der Waals surface area (Å²) in [6.07, 6.45) is 2.06. The molecule has 2 heterocycles. The molecule has 0 amide bonds. The first-order valence-corrected chi connectivity index (χ1v) is 11.0. The summed E-state index contributed by atoms with van der Waals surface area (Å²) in [5, 5.41) is 5.59. The van der Waals surface area contributed by atoms with E-state index in [4.69, 9.17) is 22.4 Å². The Morgan fingerprint density at radius 2 is 1.67 bits per heavy atom. The van der Waals surface area contributed by atoms with Crippen molar-refractivity contribution in [1.82, 2.24) is 29.6 Å². The fourth-order valence-electron chi connectivity index (χ4n) is 3.48. The van der Waals surface area contributed by atoms with Crippen molar-refractivity contribution in [1.29, 1.82) is 0 Å². The molecule has 8 nitrogen and oxygen atoms in total. The van der Waals surface area contributed by atoms with Gasteiger partial charge in [-0.25, -0.2) is 4.68 Å². The minimum atomic E-state index is -0.0906. The average Bonchev–Trinajstić information content (AvgIpc) is 3.22. The Morgan fingerprint density at radius 1 is 0.970 bits per heavy atom. The maximum atomic E-state index is 6.11. The Bertz CT molecular complexity index is 1220. The largest absolute Gasteiger partial charge is 0.368 e. The molecule has 0 aliphatic carbocycles. The van der Waals surface area contributed by atoms with Crippen LogP contribution in [0.5, 0.6) is 0 Å². The molecule has 0 aliphatic rings. The normalized spacial score (nSPS) is 12.2. The standard InChI is InChI=1S/C24H27ClN8/c1-16(22-27-23(26)29-24(28-22)31(2)3)32(4)14-18-15-33(20-8-6-5-7-9-20)30-21(18)17-10-12-19(25)13-11-17/h5-13,15-16H,14H2,1-4H3,(H2,26,27,28,29). The van der Waals surface area contributed by atoms with Gasteiger partial charge in [0.05, 0.1) is 17.4 Å². The number of para-hydroxylation sites is 1. The molecule has 1 unspecified atom stereocenters. The first kappa shape index (κ1) is 22.7. The van der Waals surface area contributed by atoms with Crippen LogP contribution in [0, 0.1) is 0 Å². The summed E-state index contributed by atoms with van der Waals surface area (Å²) in [5.41, 5.74) is 9.91. The van der Waals surface area contributed by atoms with Gasteiger partial charge in [0.25, 0.3) is 0 Å². The van der Waals surface area contributed by atoms with Crippen LogP contribution < -0.4 is 10.6 Å². The van der Waals surface area contributed by atoms with Crippen LogP contribution in [0.4, 0.5) is 11.9 Å². The van der Waals surface area contributed by atoms with E-state index in [1.807, 2.05) is 85.3 Å². The molecule has 33 heavy (non-hydrogen) atoms. The molecule has 2 N–H and O–H groups in total. The summed E-state index contributed by atoms with van der Waals surface area (Å²) < 4.78 is 1.91. The summed E-state index contributed by atoms with van der Waals surface area (Å²) in [6.45, 7) is 2.69. The molecular weight excluding hydrogens is 436 g/mol. The molecule has 0 fully saturated rings. The highest BCUT2D eigenvalue weighted by Crippen LogP contribution is 2.28. The van der Waals surface area contributed by atoms with E-state index in [-0.39, 0.29) is 12.0 Å². The number of nitrogens with zero attached hydrogens (tertiary/aromatic N) is 7. The van der Waals surface area contributed by atoms with Crippen molar-refractivity contribution in [3.05, 3.63) is 77.2 Å². The second-order valence-electron chi connectivity index (χ2n) is 8.13. The van der Waals surface area contributed by atoms with E-state index in [2.05, 4.69) is 33.0 Å². The van der Waals surface area contributed by atoms with Crippen molar-refractivity contribution in [2.45, 2.75) is 19.5 Å². The van der Waals surface area contributed by atoms with E-state index in [1.54, 1.807) is 0 Å². The molecule has 0 saturated carbocycles. The number of anilines is 2. The molecule has 0 spiro atoms.